The average Bonchev–Trinajstić information content (AvgIpc) is 2.66. The summed E-state index contributed by atoms with van der Waals surface area (Å²) in [6.45, 7) is 7.35. The fourth-order valence-electron chi connectivity index (χ4n) is 5.62. The molecule has 1 aromatic carbocycles. The molecule has 0 spiro atoms. The number of rotatable bonds is 7. The number of aromatic hydroxyl groups is 1. The number of phenols is 1. The van der Waals surface area contributed by atoms with Crippen molar-refractivity contribution in [2.45, 2.75) is 89.6 Å². The lowest BCUT2D eigenvalue weighted by Crippen LogP contribution is -2.58. The molecule has 5 heteroatoms. The third-order valence-electron chi connectivity index (χ3n) is 6.92. The summed E-state index contributed by atoms with van der Waals surface area (Å²) in [6, 6.07) is 5.20. The number of fused-ring (bicyclic) bond motifs is 1. The van der Waals surface area contributed by atoms with Crippen molar-refractivity contribution < 1.29 is 9.90 Å². The fraction of sp³-hybridized carbons (Fsp3) is 0.708. The van der Waals surface area contributed by atoms with Crippen LogP contribution >= 0.6 is 0 Å². The molecule has 2 fully saturated rings. The first kappa shape index (κ1) is 21.9. The maximum Gasteiger partial charge on any atom is 0.237 e. The van der Waals surface area contributed by atoms with E-state index in [1.807, 2.05) is 6.07 Å². The number of benzene rings is 1. The first-order chi connectivity index (χ1) is 13.8. The number of nitrogens with one attached hydrogen (secondary N) is 2. The number of amides is 1. The quantitative estimate of drug-likeness (QED) is 0.513. The van der Waals surface area contributed by atoms with Crippen LogP contribution in [0.3, 0.4) is 0 Å². The van der Waals surface area contributed by atoms with Crippen LogP contribution in [-0.4, -0.2) is 29.1 Å². The predicted octanol–water partition coefficient (Wildman–Crippen LogP) is 4.31. The molecule has 2 aliphatic rings. The molecule has 1 amide bonds. The lowest BCUT2D eigenvalue weighted by Gasteiger charge is -2.42. The van der Waals surface area contributed by atoms with E-state index in [9.17, 15) is 9.90 Å². The Morgan fingerprint density at radius 3 is 2.79 bits per heavy atom. The van der Waals surface area contributed by atoms with Gasteiger partial charge in [0.15, 0.2) is 0 Å². The highest BCUT2D eigenvalue weighted by Gasteiger charge is 2.40. The van der Waals surface area contributed by atoms with Crippen molar-refractivity contribution in [2.24, 2.45) is 11.8 Å². The summed E-state index contributed by atoms with van der Waals surface area (Å²) in [4.78, 5) is 13.2. The molecule has 1 saturated heterocycles. The molecular formula is C24H39N3O2. The van der Waals surface area contributed by atoms with Gasteiger partial charge in [-0.1, -0.05) is 38.7 Å². The minimum Gasteiger partial charge on any atom is -0.508 e. The lowest BCUT2D eigenvalue weighted by molar-refractivity contribution is -0.128. The van der Waals surface area contributed by atoms with E-state index >= 15 is 0 Å². The predicted molar refractivity (Wildman–Crippen MR) is 119 cm³/mol. The summed E-state index contributed by atoms with van der Waals surface area (Å²) in [5, 5.41) is 16.6. The van der Waals surface area contributed by atoms with Gasteiger partial charge in [0.05, 0.1) is 6.04 Å². The van der Waals surface area contributed by atoms with Gasteiger partial charge < -0.3 is 21.5 Å². The molecule has 0 aromatic heterocycles. The number of hydrogen-bond donors (Lipinski definition) is 4. The maximum atomic E-state index is 13.2. The second-order valence-corrected chi connectivity index (χ2v) is 9.80. The number of phenolic OH excluding ortho intramolecular Hbond substituents is 1. The average molecular weight is 402 g/mol. The second kappa shape index (κ2) is 9.38. The van der Waals surface area contributed by atoms with Gasteiger partial charge in [0.2, 0.25) is 5.91 Å². The Morgan fingerprint density at radius 1 is 1.31 bits per heavy atom. The summed E-state index contributed by atoms with van der Waals surface area (Å²) in [5.41, 5.74) is 7.57. The Bertz CT molecular complexity index is 701. The van der Waals surface area contributed by atoms with Crippen molar-refractivity contribution in [1.29, 1.82) is 0 Å². The zero-order valence-electron chi connectivity index (χ0n) is 18.3. The van der Waals surface area contributed by atoms with Gasteiger partial charge in [-0.2, -0.15) is 0 Å². The molecule has 0 bridgehead atoms. The highest BCUT2D eigenvalue weighted by molar-refractivity contribution is 5.83. The summed E-state index contributed by atoms with van der Waals surface area (Å²) in [7, 11) is 0. The minimum atomic E-state index is -0.329. The minimum absolute atomic E-state index is 0.0586. The van der Waals surface area contributed by atoms with Gasteiger partial charge in [-0.15, -0.1) is 0 Å². The molecule has 1 aromatic rings. The van der Waals surface area contributed by atoms with Gasteiger partial charge in [0.25, 0.3) is 0 Å². The van der Waals surface area contributed by atoms with E-state index in [0.717, 1.165) is 31.4 Å². The van der Waals surface area contributed by atoms with Crippen molar-refractivity contribution in [2.75, 3.05) is 12.3 Å². The summed E-state index contributed by atoms with van der Waals surface area (Å²) >= 11 is 0. The molecular weight excluding hydrogens is 362 g/mol. The van der Waals surface area contributed by atoms with Crippen LogP contribution in [0.5, 0.6) is 5.75 Å². The summed E-state index contributed by atoms with van der Waals surface area (Å²) < 4.78 is 0. The van der Waals surface area contributed by atoms with E-state index < -0.39 is 0 Å². The molecule has 1 heterocycles. The Kier molecular flexibility index (Phi) is 7.10. The van der Waals surface area contributed by atoms with Crippen LogP contribution in [0.4, 0.5) is 5.69 Å². The lowest BCUT2D eigenvalue weighted by atomic mass is 9.71. The van der Waals surface area contributed by atoms with Crippen LogP contribution in [-0.2, 0) is 4.79 Å². The van der Waals surface area contributed by atoms with Crippen molar-refractivity contribution in [3.05, 3.63) is 23.8 Å². The first-order valence-corrected chi connectivity index (χ1v) is 11.4. The zero-order chi connectivity index (χ0) is 21.0. The topological polar surface area (TPSA) is 87.4 Å². The van der Waals surface area contributed by atoms with E-state index in [2.05, 4.69) is 31.4 Å². The maximum absolute atomic E-state index is 13.2. The summed E-state index contributed by atoms with van der Waals surface area (Å²) in [5.74, 6) is 1.78. The molecule has 4 unspecified atom stereocenters. The molecule has 5 N–H and O–H groups in total. The van der Waals surface area contributed by atoms with Crippen LogP contribution in [0.25, 0.3) is 0 Å². The molecule has 3 rings (SSSR count). The fourth-order valence-corrected chi connectivity index (χ4v) is 5.62. The Labute approximate surface area is 175 Å². The van der Waals surface area contributed by atoms with Crippen LogP contribution in [0, 0.1) is 11.8 Å². The van der Waals surface area contributed by atoms with E-state index in [0.29, 0.717) is 17.5 Å². The van der Waals surface area contributed by atoms with Gasteiger partial charge >= 0.3 is 0 Å². The highest BCUT2D eigenvalue weighted by atomic mass is 16.3. The Balaban J connectivity index is 1.69. The van der Waals surface area contributed by atoms with E-state index in [1.54, 1.807) is 12.1 Å². The number of nitrogen functional groups attached to an aromatic ring is 1. The van der Waals surface area contributed by atoms with Crippen molar-refractivity contribution >= 4 is 11.6 Å². The van der Waals surface area contributed by atoms with Gasteiger partial charge in [0, 0.05) is 17.3 Å². The van der Waals surface area contributed by atoms with Crippen LogP contribution in [0.1, 0.15) is 83.6 Å². The molecule has 0 radical (unpaired) electrons. The third-order valence-corrected chi connectivity index (χ3v) is 6.92. The van der Waals surface area contributed by atoms with Gasteiger partial charge in [0.1, 0.15) is 5.75 Å². The van der Waals surface area contributed by atoms with E-state index in [-0.39, 0.29) is 29.2 Å². The standard InChI is InChI=1S/C24H39N3O2/c1-4-7-17(19-11-10-18(28)14-21(19)25)15-24(2,3)27-23(29)22-20-9-6-5-8-16(20)12-13-26-22/h10-11,14,16-17,20,22,26,28H,4-9,12-13,15,25H2,1-3H3,(H,27,29). The second-order valence-electron chi connectivity index (χ2n) is 9.80. The van der Waals surface area contributed by atoms with E-state index in [4.69, 9.17) is 5.73 Å². The number of nitrogens with two attached hydrogens (primary N) is 1. The number of hydrogen-bond acceptors (Lipinski definition) is 4. The number of piperidine rings is 1. The molecule has 5 nitrogen and oxygen atoms in total. The normalized spacial score (nSPS) is 25.8. The molecule has 1 aliphatic heterocycles. The van der Waals surface area contributed by atoms with Crippen molar-refractivity contribution in [3.8, 4) is 5.75 Å². The largest absolute Gasteiger partial charge is 0.508 e. The number of anilines is 1. The Morgan fingerprint density at radius 2 is 2.07 bits per heavy atom. The SMILES string of the molecule is CCCC(CC(C)(C)NC(=O)C1NCCC2CCCCC21)c1ccc(O)cc1N. The van der Waals surface area contributed by atoms with Crippen LogP contribution in [0.15, 0.2) is 18.2 Å². The summed E-state index contributed by atoms with van der Waals surface area (Å²) in [6.07, 6.45) is 9.07. The highest BCUT2D eigenvalue weighted by Crippen LogP contribution is 2.38. The zero-order valence-corrected chi connectivity index (χ0v) is 18.3. The number of carbonyl (C=O) groups excluding carboxylic acids is 1. The molecule has 1 aliphatic carbocycles. The molecule has 1 saturated carbocycles. The smallest absolute Gasteiger partial charge is 0.237 e. The van der Waals surface area contributed by atoms with Gasteiger partial charge in [-0.3, -0.25) is 4.79 Å². The van der Waals surface area contributed by atoms with Crippen LogP contribution < -0.4 is 16.4 Å². The van der Waals surface area contributed by atoms with Gasteiger partial charge in [-0.25, -0.2) is 0 Å². The third kappa shape index (κ3) is 5.44. The number of carbonyl (C=O) groups is 1. The monoisotopic (exact) mass is 401 g/mol. The van der Waals surface area contributed by atoms with Crippen molar-refractivity contribution in [1.82, 2.24) is 10.6 Å². The Hall–Kier alpha value is -1.75. The first-order valence-electron chi connectivity index (χ1n) is 11.4. The molecule has 162 valence electrons. The molecule has 29 heavy (non-hydrogen) atoms. The van der Waals surface area contributed by atoms with Crippen LogP contribution in [0.2, 0.25) is 0 Å². The molecule has 4 atom stereocenters. The van der Waals surface area contributed by atoms with Gasteiger partial charge in [-0.05, 0) is 75.5 Å². The van der Waals surface area contributed by atoms with E-state index in [1.165, 1.54) is 32.1 Å². The van der Waals surface area contributed by atoms with Crippen molar-refractivity contribution in [3.63, 3.8) is 0 Å².